The molecule has 0 spiro atoms. The number of rotatable bonds is 5. The minimum atomic E-state index is -1.89. The Morgan fingerprint density at radius 2 is 1.94 bits per heavy atom. The van der Waals surface area contributed by atoms with Gasteiger partial charge in [0.25, 0.3) is 0 Å². The smallest absolute Gasteiger partial charge is 0.412 e. The van der Waals surface area contributed by atoms with Crippen molar-refractivity contribution >= 4 is 58.4 Å². The van der Waals surface area contributed by atoms with Crippen molar-refractivity contribution in [2.45, 2.75) is 75.8 Å². The maximum absolute atomic E-state index is 14.4. The van der Waals surface area contributed by atoms with E-state index in [0.29, 0.717) is 23.9 Å². The van der Waals surface area contributed by atoms with Gasteiger partial charge < -0.3 is 33.7 Å². The Morgan fingerprint density at radius 3 is 2.60 bits per heavy atom. The molecule has 3 aliphatic heterocycles. The van der Waals surface area contributed by atoms with Crippen molar-refractivity contribution in [3.63, 3.8) is 0 Å². The van der Waals surface area contributed by atoms with E-state index in [2.05, 4.69) is 10.6 Å². The van der Waals surface area contributed by atoms with E-state index in [-0.39, 0.29) is 22.2 Å². The molecule has 18 heteroatoms. The number of anilines is 2. The summed E-state index contributed by atoms with van der Waals surface area (Å²) >= 11 is 12.8. The second kappa shape index (κ2) is 15.5. The second-order valence-corrected chi connectivity index (χ2v) is 14.1. The molecular weight excluding hydrogens is 742 g/mol. The first kappa shape index (κ1) is 39.7. The van der Waals surface area contributed by atoms with Gasteiger partial charge in [-0.05, 0) is 38.0 Å². The standard InChI is InChI=1S/C35H39Cl2FN4O11/c1-17-8-7-9-27(50-6)35(46)16-26(51-33(45)40-35)18(2)31-34(3,53-31)28(52-32(44)39-22-14-21(38)23(42(47)48)13-20(22)36)15-29(43)41(4)24-11-19(10-17)12-25(49-5)30(24)37/h7-9,11-14,18,26-28,31,46H,10,15-16H2,1-6H3,(H,39,44)(H,40,45)/b9-7+,17-8+/t18-,26+,27-,28+,31+,34+,35+/m1/s1. The van der Waals surface area contributed by atoms with Crippen LogP contribution in [0.25, 0.3) is 0 Å². The molecule has 0 radical (unpaired) electrons. The van der Waals surface area contributed by atoms with Crippen molar-refractivity contribution in [2.75, 3.05) is 31.5 Å². The van der Waals surface area contributed by atoms with E-state index in [1.165, 1.54) is 26.2 Å². The highest BCUT2D eigenvalue weighted by atomic mass is 35.5. The number of epoxide rings is 1. The van der Waals surface area contributed by atoms with E-state index in [9.17, 15) is 34.0 Å². The Balaban J connectivity index is 1.54. The molecule has 53 heavy (non-hydrogen) atoms. The van der Waals surface area contributed by atoms with Gasteiger partial charge in [0.05, 0.1) is 41.0 Å². The fraction of sp³-hybridized carbons (Fsp3) is 0.457. The van der Waals surface area contributed by atoms with E-state index in [1.807, 2.05) is 13.0 Å². The van der Waals surface area contributed by atoms with Crippen LogP contribution in [-0.4, -0.2) is 85.1 Å². The third kappa shape index (κ3) is 8.36. The van der Waals surface area contributed by atoms with Gasteiger partial charge in [-0.1, -0.05) is 53.9 Å². The number of nitro groups is 1. The van der Waals surface area contributed by atoms with E-state index in [0.717, 1.165) is 17.2 Å². The summed E-state index contributed by atoms with van der Waals surface area (Å²) in [6.45, 7) is 5.19. The fourth-order valence-electron chi connectivity index (χ4n) is 6.65. The summed E-state index contributed by atoms with van der Waals surface area (Å²) in [5.74, 6) is -2.12. The largest absolute Gasteiger partial charge is 0.495 e. The molecule has 3 heterocycles. The number of hydrogen-bond donors (Lipinski definition) is 3. The number of amides is 3. The van der Waals surface area contributed by atoms with E-state index in [4.69, 9.17) is 46.9 Å². The molecule has 15 nitrogen and oxygen atoms in total. The third-order valence-corrected chi connectivity index (χ3v) is 10.4. The molecule has 7 atom stereocenters. The normalized spacial score (nSPS) is 30.5. The van der Waals surface area contributed by atoms with Crippen LogP contribution in [0, 0.1) is 21.8 Å². The van der Waals surface area contributed by atoms with Crippen LogP contribution in [0.5, 0.6) is 5.75 Å². The molecule has 2 aromatic rings. The highest BCUT2D eigenvalue weighted by Gasteiger charge is 2.64. The summed E-state index contributed by atoms with van der Waals surface area (Å²) in [6.07, 6.45) is -1.15. The highest BCUT2D eigenvalue weighted by Crippen LogP contribution is 2.49. The number of hydrogen-bond acceptors (Lipinski definition) is 11. The van der Waals surface area contributed by atoms with Crippen molar-refractivity contribution in [3.05, 3.63) is 79.6 Å². The van der Waals surface area contributed by atoms with Crippen LogP contribution < -0.4 is 20.3 Å². The van der Waals surface area contributed by atoms with Crippen LogP contribution >= 0.6 is 23.2 Å². The Hall–Kier alpha value is -4.48. The number of nitrogens with zero attached hydrogens (tertiary/aromatic N) is 2. The number of nitro benzene ring substituents is 1. The number of aliphatic hydroxyl groups is 1. The number of methoxy groups -OCH3 is 2. The average Bonchev–Trinajstić information content (AvgIpc) is 3.78. The molecule has 4 bridgehead atoms. The van der Waals surface area contributed by atoms with Gasteiger partial charge in [0.2, 0.25) is 11.7 Å². The van der Waals surface area contributed by atoms with E-state index >= 15 is 0 Å². The van der Waals surface area contributed by atoms with Gasteiger partial charge in [-0.2, -0.15) is 4.39 Å². The summed E-state index contributed by atoms with van der Waals surface area (Å²) in [5, 5.41) is 27.4. The van der Waals surface area contributed by atoms with Crippen molar-refractivity contribution in [2.24, 2.45) is 5.92 Å². The molecule has 0 aromatic heterocycles. The molecule has 3 amide bonds. The van der Waals surface area contributed by atoms with Gasteiger partial charge in [0.1, 0.15) is 34.7 Å². The van der Waals surface area contributed by atoms with Crippen LogP contribution in [0.2, 0.25) is 10.0 Å². The molecule has 0 unspecified atom stereocenters. The molecule has 286 valence electrons. The zero-order chi connectivity index (χ0) is 39.0. The molecular formula is C35H39Cl2FN4O11. The van der Waals surface area contributed by atoms with Gasteiger partial charge in [-0.3, -0.25) is 25.5 Å². The summed E-state index contributed by atoms with van der Waals surface area (Å²) in [4.78, 5) is 51.6. The van der Waals surface area contributed by atoms with E-state index < -0.39 is 82.6 Å². The number of fused-ring (bicyclic) bond motifs is 5. The third-order valence-electron chi connectivity index (χ3n) is 9.67. The first-order valence-electron chi connectivity index (χ1n) is 16.4. The number of benzene rings is 2. The highest BCUT2D eigenvalue weighted by molar-refractivity contribution is 6.35. The average molecular weight is 782 g/mol. The Kier molecular flexibility index (Phi) is 11.6. The fourth-order valence-corrected chi connectivity index (χ4v) is 7.16. The predicted octanol–water partition coefficient (Wildman–Crippen LogP) is 6.07. The molecule has 2 fully saturated rings. The molecule has 5 rings (SSSR count). The van der Waals surface area contributed by atoms with Crippen molar-refractivity contribution in [1.82, 2.24) is 5.32 Å². The van der Waals surface area contributed by atoms with E-state index in [1.54, 1.807) is 38.1 Å². The molecule has 0 aliphatic carbocycles. The van der Waals surface area contributed by atoms with Gasteiger partial charge in [0, 0.05) is 38.6 Å². The van der Waals surface area contributed by atoms with Gasteiger partial charge in [-0.15, -0.1) is 0 Å². The number of allylic oxidation sites excluding steroid dienone is 3. The lowest BCUT2D eigenvalue weighted by Crippen LogP contribution is -2.63. The maximum atomic E-state index is 14.4. The zero-order valence-corrected chi connectivity index (χ0v) is 31.1. The number of ether oxygens (including phenoxy) is 5. The maximum Gasteiger partial charge on any atom is 0.412 e. The number of carbonyl (C=O) groups is 3. The Labute approximate surface area is 314 Å². The quantitative estimate of drug-likeness (QED) is 0.181. The summed E-state index contributed by atoms with van der Waals surface area (Å²) < 4.78 is 43.0. The number of halogens is 3. The monoisotopic (exact) mass is 780 g/mol. The number of alkyl carbamates (subject to hydrolysis) is 1. The van der Waals surface area contributed by atoms with Crippen LogP contribution in [0.15, 0.2) is 48.1 Å². The number of carbonyl (C=O) groups excluding carboxylic acids is 3. The molecule has 3 N–H and O–H groups in total. The Bertz CT molecular complexity index is 1880. The van der Waals surface area contributed by atoms with Crippen molar-refractivity contribution in [3.8, 4) is 5.75 Å². The lowest BCUT2D eigenvalue weighted by atomic mass is 9.83. The summed E-state index contributed by atoms with van der Waals surface area (Å²) in [5.41, 5.74) is -2.54. The van der Waals surface area contributed by atoms with Crippen LogP contribution in [0.4, 0.5) is 31.0 Å². The molecule has 3 aliphatic rings. The summed E-state index contributed by atoms with van der Waals surface area (Å²) in [7, 11) is 4.32. The zero-order valence-electron chi connectivity index (χ0n) is 29.6. The Morgan fingerprint density at radius 1 is 1.23 bits per heavy atom. The first-order chi connectivity index (χ1) is 24.9. The second-order valence-electron chi connectivity index (χ2n) is 13.4. The minimum absolute atomic E-state index is 0.122. The summed E-state index contributed by atoms with van der Waals surface area (Å²) in [6, 6.07) is 4.87. The minimum Gasteiger partial charge on any atom is -0.495 e. The van der Waals surface area contributed by atoms with Gasteiger partial charge in [-0.25, -0.2) is 9.59 Å². The SMILES string of the molecule is COc1cc2cc(c1Cl)N(C)C(=O)C[C@H](OC(=O)Nc1cc(F)c([N+](=O)[O-])cc1Cl)[C@]1(C)O[C@H]1[C@H](C)[C@@H]1C[C@@](O)(NC(=O)O1)[C@H](OC)/C=C/C=C(\C)C2. The van der Waals surface area contributed by atoms with Crippen molar-refractivity contribution in [1.29, 1.82) is 0 Å². The van der Waals surface area contributed by atoms with Gasteiger partial charge >= 0.3 is 17.9 Å². The van der Waals surface area contributed by atoms with Crippen LogP contribution in [0.1, 0.15) is 39.2 Å². The van der Waals surface area contributed by atoms with Gasteiger partial charge in [0.15, 0.2) is 5.72 Å². The number of nitrogens with one attached hydrogen (secondary N) is 2. The van der Waals surface area contributed by atoms with Crippen molar-refractivity contribution < 1.29 is 52.5 Å². The topological polar surface area (TPSA) is 191 Å². The predicted molar refractivity (Wildman–Crippen MR) is 191 cm³/mol. The molecule has 2 saturated heterocycles. The molecule has 0 saturated carbocycles. The first-order valence-corrected chi connectivity index (χ1v) is 17.2. The lowest BCUT2D eigenvalue weighted by Gasteiger charge is -2.42. The molecule has 2 aromatic carbocycles. The van der Waals surface area contributed by atoms with Crippen LogP contribution in [-0.2, 0) is 30.2 Å². The van der Waals surface area contributed by atoms with Crippen LogP contribution in [0.3, 0.4) is 0 Å². The lowest BCUT2D eigenvalue weighted by molar-refractivity contribution is -0.387.